The number of nitrogens with zero attached hydrogens (tertiary/aromatic N) is 1. The van der Waals surface area contributed by atoms with Gasteiger partial charge in [-0.2, -0.15) is 0 Å². The smallest absolute Gasteiger partial charge is 0.410 e. The number of rotatable bonds is 6. The SMILES string of the molecule is CCOC(=O)C(OC)(C(=O)OCC)C1CCN(C(=O)OC(C)(C)C)CC1. The van der Waals surface area contributed by atoms with E-state index in [2.05, 4.69) is 0 Å². The Morgan fingerprint density at radius 3 is 1.77 bits per heavy atom. The Hall–Kier alpha value is -1.83. The number of carbonyl (C=O) groups excluding carboxylic acids is 3. The minimum absolute atomic E-state index is 0.125. The maximum atomic E-state index is 12.6. The van der Waals surface area contributed by atoms with Crippen molar-refractivity contribution < 1.29 is 33.3 Å². The van der Waals surface area contributed by atoms with Crippen molar-refractivity contribution in [2.24, 2.45) is 5.92 Å². The number of amides is 1. The second kappa shape index (κ2) is 9.21. The van der Waals surface area contributed by atoms with Gasteiger partial charge in [0, 0.05) is 26.1 Å². The topological polar surface area (TPSA) is 91.4 Å². The molecular weight excluding hydrogens is 342 g/mol. The van der Waals surface area contributed by atoms with Crippen molar-refractivity contribution in [2.45, 2.75) is 58.7 Å². The first-order chi connectivity index (χ1) is 12.1. The molecule has 1 amide bonds. The Balaban J connectivity index is 2.93. The first-order valence-electron chi connectivity index (χ1n) is 8.99. The predicted octanol–water partition coefficient (Wildman–Crippen LogP) is 2.14. The molecule has 8 nitrogen and oxygen atoms in total. The van der Waals surface area contributed by atoms with Crippen LogP contribution in [0, 0.1) is 5.92 Å². The van der Waals surface area contributed by atoms with Crippen molar-refractivity contribution in [2.75, 3.05) is 33.4 Å². The standard InChI is InChI=1S/C18H31NO7/c1-7-24-14(20)18(23-6,15(21)25-8-2)13-9-11-19(12-10-13)16(22)26-17(3,4)5/h13H,7-12H2,1-6H3. The van der Waals surface area contributed by atoms with E-state index in [0.717, 1.165) is 0 Å². The Labute approximate surface area is 155 Å². The summed E-state index contributed by atoms with van der Waals surface area (Å²) in [6, 6.07) is 0. The van der Waals surface area contributed by atoms with Crippen molar-refractivity contribution in [1.82, 2.24) is 4.90 Å². The molecule has 1 aliphatic heterocycles. The minimum Gasteiger partial charge on any atom is -0.463 e. The third-order valence-corrected chi connectivity index (χ3v) is 4.20. The Kier molecular flexibility index (Phi) is 7.87. The number of methoxy groups -OCH3 is 1. The molecule has 0 spiro atoms. The van der Waals surface area contributed by atoms with E-state index in [0.29, 0.717) is 25.9 Å². The van der Waals surface area contributed by atoms with E-state index in [1.54, 1.807) is 39.5 Å². The molecule has 0 atom stereocenters. The lowest BCUT2D eigenvalue weighted by atomic mass is 9.80. The predicted molar refractivity (Wildman–Crippen MR) is 93.5 cm³/mol. The van der Waals surface area contributed by atoms with Crippen LogP contribution in [0.1, 0.15) is 47.5 Å². The van der Waals surface area contributed by atoms with Crippen LogP contribution in [-0.2, 0) is 28.5 Å². The molecule has 0 saturated carbocycles. The first-order valence-corrected chi connectivity index (χ1v) is 8.99. The molecule has 1 heterocycles. The van der Waals surface area contributed by atoms with Crippen molar-refractivity contribution in [3.8, 4) is 0 Å². The van der Waals surface area contributed by atoms with E-state index in [4.69, 9.17) is 18.9 Å². The fourth-order valence-electron chi connectivity index (χ4n) is 3.02. The van der Waals surface area contributed by atoms with Gasteiger partial charge in [-0.15, -0.1) is 0 Å². The van der Waals surface area contributed by atoms with Crippen LogP contribution in [0.5, 0.6) is 0 Å². The molecule has 0 aliphatic carbocycles. The fourth-order valence-corrected chi connectivity index (χ4v) is 3.02. The molecule has 0 N–H and O–H groups in total. The molecule has 0 aromatic heterocycles. The first kappa shape index (κ1) is 22.2. The Morgan fingerprint density at radius 2 is 1.42 bits per heavy atom. The molecule has 1 saturated heterocycles. The summed E-state index contributed by atoms with van der Waals surface area (Å²) in [5.41, 5.74) is -2.40. The van der Waals surface area contributed by atoms with Crippen molar-refractivity contribution in [1.29, 1.82) is 0 Å². The number of esters is 2. The van der Waals surface area contributed by atoms with Gasteiger partial charge in [0.2, 0.25) is 0 Å². The maximum Gasteiger partial charge on any atom is 0.410 e. The molecule has 1 aliphatic rings. The second-order valence-electron chi connectivity index (χ2n) is 7.12. The number of hydrogen-bond donors (Lipinski definition) is 0. The van der Waals surface area contributed by atoms with Gasteiger partial charge in [-0.25, -0.2) is 14.4 Å². The van der Waals surface area contributed by atoms with Gasteiger partial charge in [-0.1, -0.05) is 0 Å². The number of piperidine rings is 1. The molecule has 0 aromatic rings. The molecule has 0 unspecified atom stereocenters. The van der Waals surface area contributed by atoms with Gasteiger partial charge in [-0.3, -0.25) is 0 Å². The summed E-state index contributed by atoms with van der Waals surface area (Å²) >= 11 is 0. The van der Waals surface area contributed by atoms with Crippen LogP contribution in [0.15, 0.2) is 0 Å². The fraction of sp³-hybridized carbons (Fsp3) is 0.833. The lowest BCUT2D eigenvalue weighted by Gasteiger charge is -2.40. The highest BCUT2D eigenvalue weighted by molar-refractivity contribution is 6.04. The Bertz CT molecular complexity index is 486. The minimum atomic E-state index is -1.81. The second-order valence-corrected chi connectivity index (χ2v) is 7.12. The summed E-state index contributed by atoms with van der Waals surface area (Å²) in [6.45, 7) is 9.68. The summed E-state index contributed by atoms with van der Waals surface area (Å²) in [6.07, 6.45) is 0.376. The highest BCUT2D eigenvalue weighted by Crippen LogP contribution is 2.34. The summed E-state index contributed by atoms with van der Waals surface area (Å²) in [4.78, 5) is 38.9. The molecule has 150 valence electrons. The maximum absolute atomic E-state index is 12.6. The van der Waals surface area contributed by atoms with E-state index >= 15 is 0 Å². The van der Waals surface area contributed by atoms with E-state index < -0.39 is 35.2 Å². The summed E-state index contributed by atoms with van der Waals surface area (Å²) < 4.78 is 20.9. The highest BCUT2D eigenvalue weighted by Gasteiger charge is 2.56. The van der Waals surface area contributed by atoms with Gasteiger partial charge >= 0.3 is 18.0 Å². The van der Waals surface area contributed by atoms with Crippen LogP contribution >= 0.6 is 0 Å². The van der Waals surface area contributed by atoms with Crippen LogP contribution in [-0.4, -0.2) is 67.5 Å². The largest absolute Gasteiger partial charge is 0.463 e. The third kappa shape index (κ3) is 5.09. The molecule has 0 bridgehead atoms. The average molecular weight is 373 g/mol. The van der Waals surface area contributed by atoms with Gasteiger partial charge in [0.05, 0.1) is 13.2 Å². The van der Waals surface area contributed by atoms with Gasteiger partial charge in [-0.05, 0) is 47.5 Å². The summed E-state index contributed by atoms with van der Waals surface area (Å²) in [7, 11) is 1.30. The lowest BCUT2D eigenvalue weighted by molar-refractivity contribution is -0.197. The summed E-state index contributed by atoms with van der Waals surface area (Å²) in [5.74, 6) is -1.96. The molecule has 0 radical (unpaired) electrons. The molecule has 8 heteroatoms. The van der Waals surface area contributed by atoms with Crippen molar-refractivity contribution in [3.05, 3.63) is 0 Å². The van der Waals surface area contributed by atoms with Crippen LogP contribution < -0.4 is 0 Å². The molecule has 1 rings (SSSR count). The van der Waals surface area contributed by atoms with Crippen LogP contribution in [0.25, 0.3) is 0 Å². The van der Waals surface area contributed by atoms with E-state index in [1.807, 2.05) is 0 Å². The molecular formula is C18H31NO7. The van der Waals surface area contributed by atoms with E-state index in [-0.39, 0.29) is 13.2 Å². The number of carbonyl (C=O) groups is 3. The average Bonchev–Trinajstić information content (AvgIpc) is 2.55. The number of likely N-dealkylation sites (tertiary alicyclic amines) is 1. The number of hydrogen-bond acceptors (Lipinski definition) is 7. The van der Waals surface area contributed by atoms with Crippen LogP contribution in [0.4, 0.5) is 4.79 Å². The number of ether oxygens (including phenoxy) is 4. The van der Waals surface area contributed by atoms with Gasteiger partial charge in [0.25, 0.3) is 5.60 Å². The van der Waals surface area contributed by atoms with Gasteiger partial charge in [0.15, 0.2) is 0 Å². The third-order valence-electron chi connectivity index (χ3n) is 4.20. The molecule has 26 heavy (non-hydrogen) atoms. The van der Waals surface area contributed by atoms with E-state index in [9.17, 15) is 14.4 Å². The van der Waals surface area contributed by atoms with Gasteiger partial charge < -0.3 is 23.8 Å². The van der Waals surface area contributed by atoms with Crippen LogP contribution in [0.2, 0.25) is 0 Å². The normalized spacial score (nSPS) is 16.2. The summed E-state index contributed by atoms with van der Waals surface area (Å²) in [5, 5.41) is 0. The quantitative estimate of drug-likeness (QED) is 0.400. The lowest BCUT2D eigenvalue weighted by Crippen LogP contribution is -2.58. The van der Waals surface area contributed by atoms with E-state index in [1.165, 1.54) is 7.11 Å². The zero-order valence-electron chi connectivity index (χ0n) is 16.6. The molecule has 1 fully saturated rings. The highest BCUT2D eigenvalue weighted by atomic mass is 16.6. The monoisotopic (exact) mass is 373 g/mol. The zero-order chi connectivity index (χ0) is 20.0. The van der Waals surface area contributed by atoms with Crippen LogP contribution in [0.3, 0.4) is 0 Å². The molecule has 0 aromatic carbocycles. The zero-order valence-corrected chi connectivity index (χ0v) is 16.6. The van der Waals surface area contributed by atoms with Gasteiger partial charge in [0.1, 0.15) is 5.60 Å². The van der Waals surface area contributed by atoms with Crippen molar-refractivity contribution >= 4 is 18.0 Å². The van der Waals surface area contributed by atoms with Crippen molar-refractivity contribution in [3.63, 3.8) is 0 Å². The Morgan fingerprint density at radius 1 is 0.962 bits per heavy atom.